The van der Waals surface area contributed by atoms with Crippen molar-refractivity contribution >= 4 is 39.4 Å². The predicted octanol–water partition coefficient (Wildman–Crippen LogP) is 5.85. The molecule has 31 heavy (non-hydrogen) atoms. The van der Waals surface area contributed by atoms with Crippen LogP contribution in [0, 0.1) is 13.8 Å². The topological polar surface area (TPSA) is 68.8 Å². The number of ether oxygens (including phenoxy) is 1. The molecular weight excluding hydrogens is 478 g/mol. The number of aryl methyl sites for hydroxylation is 2. The summed E-state index contributed by atoms with van der Waals surface area (Å²) in [6.07, 6.45) is 1.58. The standard InChI is InChI=1S/C23H20BrN3O3S/c1-15-3-4-16(2)27(15)18-5-7-19(8-6-18)29-13-20-9-10-22(30-20)23(28)26-25-12-21-11-17(24)14-31-21/h3-12,14H,13H2,1-2H3,(H,26,28). The van der Waals surface area contributed by atoms with Crippen LogP contribution < -0.4 is 10.2 Å². The smallest absolute Gasteiger partial charge is 0.307 e. The maximum absolute atomic E-state index is 12.2. The predicted molar refractivity (Wildman–Crippen MR) is 125 cm³/mol. The summed E-state index contributed by atoms with van der Waals surface area (Å²) in [4.78, 5) is 13.1. The quantitative estimate of drug-likeness (QED) is 0.257. The van der Waals surface area contributed by atoms with Gasteiger partial charge in [0, 0.05) is 31.8 Å². The van der Waals surface area contributed by atoms with Crippen molar-refractivity contribution in [2.24, 2.45) is 5.10 Å². The molecule has 6 nitrogen and oxygen atoms in total. The van der Waals surface area contributed by atoms with Crippen LogP contribution in [-0.4, -0.2) is 16.7 Å². The van der Waals surface area contributed by atoms with Crippen LogP contribution in [0.4, 0.5) is 0 Å². The molecule has 0 unspecified atom stereocenters. The van der Waals surface area contributed by atoms with Crippen molar-refractivity contribution in [1.82, 2.24) is 9.99 Å². The number of amides is 1. The highest BCUT2D eigenvalue weighted by atomic mass is 79.9. The number of halogens is 1. The lowest BCUT2D eigenvalue weighted by atomic mass is 10.3. The van der Waals surface area contributed by atoms with E-state index in [9.17, 15) is 4.79 Å². The minimum atomic E-state index is -0.417. The van der Waals surface area contributed by atoms with E-state index in [2.05, 4.69) is 57.0 Å². The van der Waals surface area contributed by atoms with Crippen LogP contribution in [0.25, 0.3) is 5.69 Å². The lowest BCUT2D eigenvalue weighted by Gasteiger charge is -2.10. The second kappa shape index (κ2) is 9.36. The van der Waals surface area contributed by atoms with Crippen LogP contribution in [0.1, 0.15) is 32.6 Å². The van der Waals surface area contributed by atoms with Crippen LogP contribution in [-0.2, 0) is 6.61 Å². The van der Waals surface area contributed by atoms with Gasteiger partial charge in [-0.25, -0.2) is 5.43 Å². The van der Waals surface area contributed by atoms with E-state index in [-0.39, 0.29) is 12.4 Å². The molecule has 1 aromatic carbocycles. The van der Waals surface area contributed by atoms with Crippen LogP contribution >= 0.6 is 27.3 Å². The molecule has 0 aliphatic carbocycles. The van der Waals surface area contributed by atoms with Gasteiger partial charge in [0.1, 0.15) is 18.1 Å². The van der Waals surface area contributed by atoms with Crippen molar-refractivity contribution in [1.29, 1.82) is 0 Å². The number of hydrogen-bond donors (Lipinski definition) is 1. The third kappa shape index (κ3) is 5.15. The average molecular weight is 498 g/mol. The van der Waals surface area contributed by atoms with Crippen molar-refractivity contribution in [2.45, 2.75) is 20.5 Å². The summed E-state index contributed by atoms with van der Waals surface area (Å²) < 4.78 is 14.5. The van der Waals surface area contributed by atoms with Gasteiger partial charge < -0.3 is 13.7 Å². The first-order chi connectivity index (χ1) is 15.0. The fraction of sp³-hybridized carbons (Fsp3) is 0.130. The number of thiophene rings is 1. The number of carbonyl (C=O) groups is 1. The van der Waals surface area contributed by atoms with Crippen molar-refractivity contribution in [2.75, 3.05) is 0 Å². The number of nitrogens with zero attached hydrogens (tertiary/aromatic N) is 2. The first-order valence-electron chi connectivity index (χ1n) is 9.54. The van der Waals surface area contributed by atoms with Crippen LogP contribution in [0.15, 0.2) is 74.0 Å². The lowest BCUT2D eigenvalue weighted by Crippen LogP contribution is -2.16. The summed E-state index contributed by atoms with van der Waals surface area (Å²) in [7, 11) is 0. The zero-order valence-electron chi connectivity index (χ0n) is 17.0. The molecule has 0 atom stereocenters. The number of carbonyl (C=O) groups excluding carboxylic acids is 1. The van der Waals surface area contributed by atoms with E-state index >= 15 is 0 Å². The first kappa shape index (κ1) is 21.1. The lowest BCUT2D eigenvalue weighted by molar-refractivity contribution is 0.0923. The van der Waals surface area contributed by atoms with Gasteiger partial charge in [-0.1, -0.05) is 0 Å². The SMILES string of the molecule is Cc1ccc(C)n1-c1ccc(OCc2ccc(C(=O)NN=Cc3cc(Br)cs3)o2)cc1. The highest BCUT2D eigenvalue weighted by Crippen LogP contribution is 2.21. The van der Waals surface area contributed by atoms with E-state index in [4.69, 9.17) is 9.15 Å². The molecule has 0 aliphatic rings. The molecule has 0 saturated heterocycles. The molecule has 158 valence electrons. The summed E-state index contributed by atoms with van der Waals surface area (Å²) in [5.41, 5.74) is 5.90. The molecule has 8 heteroatoms. The van der Waals surface area contributed by atoms with E-state index in [0.717, 1.165) is 20.8 Å². The monoisotopic (exact) mass is 497 g/mol. The number of rotatable bonds is 7. The Kier molecular flexibility index (Phi) is 6.39. The number of benzene rings is 1. The molecule has 4 aromatic rings. The number of furan rings is 1. The van der Waals surface area contributed by atoms with Gasteiger partial charge in [0.15, 0.2) is 5.76 Å². The normalized spacial score (nSPS) is 11.2. The maximum Gasteiger partial charge on any atom is 0.307 e. The molecule has 0 radical (unpaired) electrons. The van der Waals surface area contributed by atoms with Gasteiger partial charge >= 0.3 is 5.91 Å². The summed E-state index contributed by atoms with van der Waals surface area (Å²) in [5, 5.41) is 5.89. The van der Waals surface area contributed by atoms with E-state index in [1.165, 1.54) is 22.7 Å². The number of hydrazone groups is 1. The summed E-state index contributed by atoms with van der Waals surface area (Å²) in [5.74, 6) is 1.04. The van der Waals surface area contributed by atoms with Crippen molar-refractivity contribution in [3.8, 4) is 11.4 Å². The number of nitrogens with one attached hydrogen (secondary N) is 1. The second-order valence-corrected chi connectivity index (χ2v) is 8.72. The molecule has 1 N–H and O–H groups in total. The Hall–Kier alpha value is -3.10. The van der Waals surface area contributed by atoms with Gasteiger partial charge in [-0.15, -0.1) is 11.3 Å². The van der Waals surface area contributed by atoms with Gasteiger partial charge in [0.05, 0.1) is 6.21 Å². The Morgan fingerprint density at radius 1 is 1.16 bits per heavy atom. The van der Waals surface area contributed by atoms with Gasteiger partial charge in [-0.3, -0.25) is 4.79 Å². The molecule has 0 bridgehead atoms. The Morgan fingerprint density at radius 3 is 2.58 bits per heavy atom. The number of aromatic nitrogens is 1. The molecule has 0 spiro atoms. The molecule has 0 aliphatic heterocycles. The van der Waals surface area contributed by atoms with E-state index < -0.39 is 5.91 Å². The molecule has 1 amide bonds. The fourth-order valence-electron chi connectivity index (χ4n) is 3.10. The number of hydrogen-bond acceptors (Lipinski definition) is 5. The molecule has 0 fully saturated rings. The fourth-order valence-corrected chi connectivity index (χ4v) is 4.41. The molecule has 3 aromatic heterocycles. The zero-order valence-corrected chi connectivity index (χ0v) is 19.4. The summed E-state index contributed by atoms with van der Waals surface area (Å²) in [6, 6.07) is 17.3. The van der Waals surface area contributed by atoms with Gasteiger partial charge in [-0.05, 0) is 84.4 Å². The molecule has 0 saturated carbocycles. The molecular formula is C23H20BrN3O3S. The Morgan fingerprint density at radius 2 is 1.90 bits per heavy atom. The highest BCUT2D eigenvalue weighted by Gasteiger charge is 2.11. The third-order valence-corrected chi connectivity index (χ3v) is 6.21. The van der Waals surface area contributed by atoms with Gasteiger partial charge in [0.2, 0.25) is 0 Å². The van der Waals surface area contributed by atoms with E-state index in [1.54, 1.807) is 18.3 Å². The van der Waals surface area contributed by atoms with E-state index in [1.807, 2.05) is 35.7 Å². The van der Waals surface area contributed by atoms with E-state index in [0.29, 0.717) is 5.76 Å². The third-order valence-electron chi connectivity index (χ3n) is 4.58. The van der Waals surface area contributed by atoms with Crippen molar-refractivity contribution in [3.63, 3.8) is 0 Å². The largest absolute Gasteiger partial charge is 0.486 e. The summed E-state index contributed by atoms with van der Waals surface area (Å²) >= 11 is 4.89. The van der Waals surface area contributed by atoms with Crippen molar-refractivity contribution in [3.05, 3.63) is 92.2 Å². The summed E-state index contributed by atoms with van der Waals surface area (Å²) in [6.45, 7) is 4.38. The Bertz CT molecular complexity index is 1200. The Balaban J connectivity index is 1.32. The highest BCUT2D eigenvalue weighted by molar-refractivity contribution is 9.10. The van der Waals surface area contributed by atoms with Crippen molar-refractivity contribution < 1.29 is 13.9 Å². The van der Waals surface area contributed by atoms with Crippen LogP contribution in [0.5, 0.6) is 5.75 Å². The van der Waals surface area contributed by atoms with Gasteiger partial charge in [0.25, 0.3) is 0 Å². The zero-order chi connectivity index (χ0) is 21.8. The van der Waals surface area contributed by atoms with Gasteiger partial charge in [-0.2, -0.15) is 5.10 Å². The maximum atomic E-state index is 12.2. The average Bonchev–Trinajstić information content (AvgIpc) is 3.48. The van der Waals surface area contributed by atoms with Crippen LogP contribution in [0.2, 0.25) is 0 Å². The minimum Gasteiger partial charge on any atom is -0.486 e. The van der Waals surface area contributed by atoms with Crippen LogP contribution in [0.3, 0.4) is 0 Å². The first-order valence-corrected chi connectivity index (χ1v) is 11.2. The Labute approximate surface area is 192 Å². The molecule has 3 heterocycles. The molecule has 4 rings (SSSR count). The minimum absolute atomic E-state index is 0.178. The second-order valence-electron chi connectivity index (χ2n) is 6.87.